The molecule has 0 radical (unpaired) electrons. The SMILES string of the molecule is CC(=O)Nc1ccc(/C=C/c2ccc(NC(=S)NC(C)C)cc2S(=O)(=O)NC(=O)C(C)C)c(S(=O)[O-])c1. The van der Waals surface area contributed by atoms with Gasteiger partial charge in [0.05, 0.1) is 4.90 Å². The van der Waals surface area contributed by atoms with Gasteiger partial charge in [-0.25, -0.2) is 13.1 Å². The summed E-state index contributed by atoms with van der Waals surface area (Å²) in [5.74, 6) is -1.61. The van der Waals surface area contributed by atoms with Crippen molar-refractivity contribution in [3.63, 3.8) is 0 Å². The van der Waals surface area contributed by atoms with Crippen LogP contribution < -0.4 is 20.7 Å². The predicted molar refractivity (Wildman–Crippen MR) is 148 cm³/mol. The Bertz CT molecular complexity index is 1350. The first-order valence-electron chi connectivity index (χ1n) is 11.2. The number of nitrogens with one attached hydrogen (secondary N) is 4. The molecule has 0 fully saturated rings. The van der Waals surface area contributed by atoms with Crippen molar-refractivity contribution in [1.82, 2.24) is 10.0 Å². The molecule has 2 rings (SSSR count). The first kappa shape index (κ1) is 30.1. The van der Waals surface area contributed by atoms with Crippen molar-refractivity contribution < 1.29 is 26.8 Å². The number of amides is 2. The van der Waals surface area contributed by atoms with Crippen LogP contribution in [0.5, 0.6) is 0 Å². The molecule has 0 aliphatic carbocycles. The van der Waals surface area contributed by atoms with Gasteiger partial charge in [-0.2, -0.15) is 0 Å². The molecule has 0 saturated heterocycles. The van der Waals surface area contributed by atoms with Gasteiger partial charge in [0.15, 0.2) is 5.11 Å². The predicted octanol–water partition coefficient (Wildman–Crippen LogP) is 3.21. The maximum atomic E-state index is 13.1. The minimum Gasteiger partial charge on any atom is -0.768 e. The lowest BCUT2D eigenvalue weighted by atomic mass is 10.1. The van der Waals surface area contributed by atoms with E-state index >= 15 is 0 Å². The number of benzene rings is 2. The summed E-state index contributed by atoms with van der Waals surface area (Å²) < 4.78 is 51.9. The molecule has 0 heterocycles. The molecule has 2 aromatic rings. The molecule has 0 aliphatic heterocycles. The quantitative estimate of drug-likeness (QED) is 0.204. The Balaban J connectivity index is 2.55. The molecule has 2 amide bonds. The van der Waals surface area contributed by atoms with Crippen LogP contribution in [-0.2, 0) is 30.7 Å². The van der Waals surface area contributed by atoms with Gasteiger partial charge >= 0.3 is 0 Å². The molecule has 13 heteroatoms. The summed E-state index contributed by atoms with van der Waals surface area (Å²) in [6.45, 7) is 8.21. The lowest BCUT2D eigenvalue weighted by Crippen LogP contribution is -2.35. The Hall–Kier alpha value is -3.13. The van der Waals surface area contributed by atoms with Crippen molar-refractivity contribution in [3.05, 3.63) is 47.5 Å². The maximum absolute atomic E-state index is 13.1. The summed E-state index contributed by atoms with van der Waals surface area (Å²) >= 11 is 2.60. The highest BCUT2D eigenvalue weighted by Crippen LogP contribution is 2.26. The third-order valence-corrected chi connectivity index (χ3v) is 7.03. The monoisotopic (exact) mass is 565 g/mol. The van der Waals surface area contributed by atoms with Crippen molar-refractivity contribution in [3.8, 4) is 0 Å². The summed E-state index contributed by atoms with van der Waals surface area (Å²) in [4.78, 5) is 23.2. The van der Waals surface area contributed by atoms with Gasteiger partial charge in [-0.05, 0) is 72.5 Å². The molecule has 0 bridgehead atoms. The third-order valence-electron chi connectivity index (χ3n) is 4.70. The van der Waals surface area contributed by atoms with Crippen molar-refractivity contribution in [2.75, 3.05) is 10.6 Å². The van der Waals surface area contributed by atoms with E-state index in [1.807, 2.05) is 13.8 Å². The van der Waals surface area contributed by atoms with E-state index in [1.54, 1.807) is 19.9 Å². The van der Waals surface area contributed by atoms with Crippen molar-refractivity contribution in [1.29, 1.82) is 0 Å². The van der Waals surface area contributed by atoms with Gasteiger partial charge in [0.25, 0.3) is 10.0 Å². The van der Waals surface area contributed by atoms with Crippen LogP contribution in [0.1, 0.15) is 45.7 Å². The Morgan fingerprint density at radius 2 is 1.54 bits per heavy atom. The van der Waals surface area contributed by atoms with Gasteiger partial charge < -0.3 is 20.5 Å². The Morgan fingerprint density at radius 3 is 2.08 bits per heavy atom. The van der Waals surface area contributed by atoms with Crippen LogP contribution >= 0.6 is 12.2 Å². The Labute approximate surface area is 224 Å². The molecular formula is C24H29N4O6S3-. The number of carbonyl (C=O) groups is 2. The molecule has 37 heavy (non-hydrogen) atoms. The average Bonchev–Trinajstić information content (AvgIpc) is 2.77. The van der Waals surface area contributed by atoms with E-state index in [0.717, 1.165) is 0 Å². The summed E-state index contributed by atoms with van der Waals surface area (Å²) in [6, 6.07) is 8.78. The van der Waals surface area contributed by atoms with Crippen LogP contribution in [-0.4, -0.2) is 40.1 Å². The van der Waals surface area contributed by atoms with Crippen LogP contribution in [0.15, 0.2) is 46.2 Å². The zero-order chi connectivity index (χ0) is 27.9. The number of carbonyl (C=O) groups excluding carboxylic acids is 2. The van der Waals surface area contributed by atoms with Crippen molar-refractivity contribution in [2.45, 2.75) is 50.5 Å². The minimum absolute atomic E-state index is 0.0496. The van der Waals surface area contributed by atoms with E-state index in [4.69, 9.17) is 12.2 Å². The summed E-state index contributed by atoms with van der Waals surface area (Å²) in [5, 5.41) is 8.70. The fourth-order valence-electron chi connectivity index (χ4n) is 2.99. The number of hydrogen-bond acceptors (Lipinski definition) is 7. The highest BCUT2D eigenvalue weighted by atomic mass is 32.2. The van der Waals surface area contributed by atoms with E-state index in [9.17, 15) is 26.8 Å². The van der Waals surface area contributed by atoms with E-state index in [2.05, 4.69) is 20.7 Å². The second kappa shape index (κ2) is 12.9. The smallest absolute Gasteiger partial charge is 0.264 e. The van der Waals surface area contributed by atoms with E-state index in [0.29, 0.717) is 11.4 Å². The molecule has 1 unspecified atom stereocenters. The van der Waals surface area contributed by atoms with Gasteiger partial charge in [-0.15, -0.1) is 0 Å². The topological polar surface area (TPSA) is 157 Å². The molecule has 200 valence electrons. The lowest BCUT2D eigenvalue weighted by Gasteiger charge is -2.16. The minimum atomic E-state index is -4.29. The summed E-state index contributed by atoms with van der Waals surface area (Å²) in [7, 11) is -4.29. The highest BCUT2D eigenvalue weighted by Gasteiger charge is 2.23. The number of thiocarbonyl (C=S) groups is 1. The number of anilines is 2. The second-order valence-electron chi connectivity index (χ2n) is 8.63. The van der Waals surface area contributed by atoms with Crippen LogP contribution in [0.2, 0.25) is 0 Å². The fourth-order valence-corrected chi connectivity index (χ4v) is 5.24. The first-order valence-corrected chi connectivity index (χ1v) is 14.1. The molecule has 0 spiro atoms. The zero-order valence-electron chi connectivity index (χ0n) is 20.9. The molecule has 2 aromatic carbocycles. The summed E-state index contributed by atoms with van der Waals surface area (Å²) in [5.41, 5.74) is 1.13. The van der Waals surface area contributed by atoms with E-state index in [-0.39, 0.29) is 38.0 Å². The molecule has 0 saturated carbocycles. The van der Waals surface area contributed by atoms with E-state index < -0.39 is 32.9 Å². The molecule has 10 nitrogen and oxygen atoms in total. The van der Waals surface area contributed by atoms with E-state index in [1.165, 1.54) is 49.4 Å². The molecule has 0 aliphatic rings. The lowest BCUT2D eigenvalue weighted by molar-refractivity contribution is -0.122. The van der Waals surface area contributed by atoms with Crippen LogP contribution in [0.3, 0.4) is 0 Å². The van der Waals surface area contributed by atoms with Gasteiger partial charge in [0.2, 0.25) is 11.8 Å². The standard InChI is InChI=1S/C24H30N4O6S3/c1-14(2)23(30)28-37(33,34)22-13-20(27-24(35)25-15(3)4)11-9-18(22)7-6-17-8-10-19(26-16(5)29)12-21(17)36(31)32/h6-15H,1-5H3,(H,26,29)(H,28,30)(H,31,32)(H2,25,27,35)/p-1/b7-6+. The van der Waals surface area contributed by atoms with Crippen LogP contribution in [0.4, 0.5) is 11.4 Å². The Kier molecular flexibility index (Phi) is 10.5. The van der Waals surface area contributed by atoms with Crippen molar-refractivity contribution >= 4 is 73.8 Å². The average molecular weight is 566 g/mol. The largest absolute Gasteiger partial charge is 0.768 e. The van der Waals surface area contributed by atoms with Crippen LogP contribution in [0, 0.1) is 5.92 Å². The number of hydrogen-bond donors (Lipinski definition) is 4. The molecule has 0 aromatic heterocycles. The van der Waals surface area contributed by atoms with Gasteiger partial charge in [0.1, 0.15) is 0 Å². The molecular weight excluding hydrogens is 536 g/mol. The second-order valence-corrected chi connectivity index (χ2v) is 11.6. The van der Waals surface area contributed by atoms with Gasteiger partial charge in [-0.1, -0.05) is 38.1 Å². The number of sulfonamides is 1. The Morgan fingerprint density at radius 1 is 0.973 bits per heavy atom. The van der Waals surface area contributed by atoms with Crippen LogP contribution in [0.25, 0.3) is 12.2 Å². The molecule has 4 N–H and O–H groups in total. The maximum Gasteiger partial charge on any atom is 0.264 e. The number of rotatable bonds is 9. The zero-order valence-corrected chi connectivity index (χ0v) is 23.4. The first-order chi connectivity index (χ1) is 17.2. The summed E-state index contributed by atoms with van der Waals surface area (Å²) in [6.07, 6.45) is 2.85. The van der Waals surface area contributed by atoms with Crippen molar-refractivity contribution in [2.24, 2.45) is 5.92 Å². The van der Waals surface area contributed by atoms with Gasteiger partial charge in [0, 0.05) is 35.2 Å². The molecule has 1 atom stereocenters. The van der Waals surface area contributed by atoms with Gasteiger partial charge in [-0.3, -0.25) is 13.8 Å². The normalized spacial score (nSPS) is 12.4. The highest BCUT2D eigenvalue weighted by molar-refractivity contribution is 7.90. The fraction of sp³-hybridized carbons (Fsp3) is 0.292. The third kappa shape index (κ3) is 9.04.